The van der Waals surface area contributed by atoms with Crippen molar-refractivity contribution in [2.75, 3.05) is 27.7 Å². The molecule has 0 aromatic heterocycles. The first-order valence-electron chi connectivity index (χ1n) is 5.26. The molecule has 0 atom stereocenters. The predicted molar refractivity (Wildman–Crippen MR) is 70.2 cm³/mol. The van der Waals surface area contributed by atoms with E-state index in [-0.39, 0.29) is 0 Å². The van der Waals surface area contributed by atoms with E-state index < -0.39 is 0 Å². The average Bonchev–Trinajstić information content (AvgIpc) is 2.26. The van der Waals surface area contributed by atoms with E-state index in [9.17, 15) is 0 Å². The van der Waals surface area contributed by atoms with Gasteiger partial charge in [-0.05, 0) is 24.1 Å². The number of rotatable bonds is 3. The van der Waals surface area contributed by atoms with Crippen LogP contribution in [-0.2, 0) is 6.42 Å². The van der Waals surface area contributed by atoms with Crippen LogP contribution < -0.4 is 5.32 Å². The van der Waals surface area contributed by atoms with E-state index in [0.29, 0.717) is 0 Å². The van der Waals surface area contributed by atoms with Crippen LogP contribution in [0.1, 0.15) is 5.56 Å². The minimum absolute atomic E-state index is 0.779. The van der Waals surface area contributed by atoms with Crippen molar-refractivity contribution in [1.29, 1.82) is 0 Å². The Hall–Kier alpha value is -1.22. The summed E-state index contributed by atoms with van der Waals surface area (Å²) in [7, 11) is 5.72. The van der Waals surface area contributed by atoms with Gasteiger partial charge in [-0.2, -0.15) is 0 Å². The largest absolute Gasteiger partial charge is 0.356 e. The molecule has 4 heteroatoms. The fraction of sp³-hybridized carbons (Fsp3) is 0.417. The molecule has 0 aliphatic heterocycles. The van der Waals surface area contributed by atoms with Crippen LogP contribution in [0.2, 0.25) is 5.02 Å². The molecule has 1 aromatic rings. The number of hydrogen-bond donors (Lipinski definition) is 1. The van der Waals surface area contributed by atoms with Gasteiger partial charge in [0.25, 0.3) is 0 Å². The number of aliphatic imine (C=N–C) groups is 1. The predicted octanol–water partition coefficient (Wildman–Crippen LogP) is 2.02. The highest BCUT2D eigenvalue weighted by molar-refractivity contribution is 6.30. The lowest BCUT2D eigenvalue weighted by molar-refractivity contribution is 0.583. The van der Waals surface area contributed by atoms with Crippen molar-refractivity contribution >= 4 is 17.6 Å². The highest BCUT2D eigenvalue weighted by Gasteiger charge is 1.99. The number of guanidine groups is 1. The minimum Gasteiger partial charge on any atom is -0.356 e. The fourth-order valence-electron chi connectivity index (χ4n) is 1.41. The number of benzene rings is 1. The highest BCUT2D eigenvalue weighted by atomic mass is 35.5. The van der Waals surface area contributed by atoms with Crippen molar-refractivity contribution in [2.45, 2.75) is 6.42 Å². The molecule has 0 aliphatic rings. The van der Waals surface area contributed by atoms with Gasteiger partial charge in [0.05, 0.1) is 0 Å². The second-order valence-electron chi connectivity index (χ2n) is 3.74. The maximum absolute atomic E-state index is 5.82. The van der Waals surface area contributed by atoms with Crippen molar-refractivity contribution in [3.05, 3.63) is 34.9 Å². The Kier molecular flexibility index (Phi) is 5.12. The van der Waals surface area contributed by atoms with Gasteiger partial charge >= 0.3 is 0 Å². The first-order valence-corrected chi connectivity index (χ1v) is 5.63. The van der Waals surface area contributed by atoms with Gasteiger partial charge in [0.1, 0.15) is 0 Å². The zero-order chi connectivity index (χ0) is 12.0. The third-order valence-corrected chi connectivity index (χ3v) is 2.50. The van der Waals surface area contributed by atoms with E-state index in [2.05, 4.69) is 10.3 Å². The first kappa shape index (κ1) is 12.8. The van der Waals surface area contributed by atoms with E-state index in [1.54, 1.807) is 7.05 Å². The first-order chi connectivity index (χ1) is 7.63. The van der Waals surface area contributed by atoms with Gasteiger partial charge in [0.2, 0.25) is 0 Å². The van der Waals surface area contributed by atoms with Gasteiger partial charge in [0, 0.05) is 32.7 Å². The van der Waals surface area contributed by atoms with Gasteiger partial charge in [-0.15, -0.1) is 0 Å². The van der Waals surface area contributed by atoms with Crippen LogP contribution in [0.5, 0.6) is 0 Å². The van der Waals surface area contributed by atoms with Crippen molar-refractivity contribution in [2.24, 2.45) is 4.99 Å². The summed E-state index contributed by atoms with van der Waals surface area (Å²) in [5, 5.41) is 4.05. The summed E-state index contributed by atoms with van der Waals surface area (Å²) >= 11 is 5.82. The lowest BCUT2D eigenvalue weighted by atomic mass is 10.1. The van der Waals surface area contributed by atoms with Crippen molar-refractivity contribution in [3.8, 4) is 0 Å². The third-order valence-electron chi connectivity index (χ3n) is 2.25. The van der Waals surface area contributed by atoms with Crippen molar-refractivity contribution < 1.29 is 0 Å². The van der Waals surface area contributed by atoms with Crippen LogP contribution in [0.25, 0.3) is 0 Å². The molecule has 0 amide bonds. The Morgan fingerprint density at radius 3 is 2.44 bits per heavy atom. The summed E-state index contributed by atoms with van der Waals surface area (Å²) in [6.45, 7) is 0.868. The summed E-state index contributed by atoms with van der Waals surface area (Å²) < 4.78 is 0. The lowest BCUT2D eigenvalue weighted by Gasteiger charge is -2.16. The number of nitrogens with one attached hydrogen (secondary N) is 1. The van der Waals surface area contributed by atoms with Gasteiger partial charge < -0.3 is 10.2 Å². The van der Waals surface area contributed by atoms with Crippen molar-refractivity contribution in [1.82, 2.24) is 10.2 Å². The number of hydrogen-bond acceptors (Lipinski definition) is 1. The van der Waals surface area contributed by atoms with E-state index in [0.717, 1.165) is 23.9 Å². The van der Waals surface area contributed by atoms with Crippen LogP contribution in [0.3, 0.4) is 0 Å². The Labute approximate surface area is 102 Å². The molecule has 0 fully saturated rings. The van der Waals surface area contributed by atoms with E-state index in [1.807, 2.05) is 43.3 Å². The molecule has 1 rings (SSSR count). The average molecular weight is 240 g/mol. The number of nitrogens with zero attached hydrogens (tertiary/aromatic N) is 2. The Morgan fingerprint density at radius 1 is 1.31 bits per heavy atom. The van der Waals surface area contributed by atoms with E-state index in [4.69, 9.17) is 11.6 Å². The highest BCUT2D eigenvalue weighted by Crippen LogP contribution is 2.09. The zero-order valence-electron chi connectivity index (χ0n) is 10.00. The van der Waals surface area contributed by atoms with Crippen LogP contribution in [0.4, 0.5) is 0 Å². The summed E-state index contributed by atoms with van der Waals surface area (Å²) in [6.07, 6.45) is 0.962. The molecule has 16 heavy (non-hydrogen) atoms. The van der Waals surface area contributed by atoms with Crippen molar-refractivity contribution in [3.63, 3.8) is 0 Å². The van der Waals surface area contributed by atoms with Crippen LogP contribution in [0.15, 0.2) is 29.3 Å². The summed E-state index contributed by atoms with van der Waals surface area (Å²) in [5.74, 6) is 0.897. The van der Waals surface area contributed by atoms with E-state index in [1.165, 1.54) is 5.56 Å². The molecule has 3 nitrogen and oxygen atoms in total. The molecule has 88 valence electrons. The molecular weight excluding hydrogens is 222 g/mol. The SMILES string of the molecule is CN=C(NCCc1ccc(Cl)cc1)N(C)C. The quantitative estimate of drug-likeness (QED) is 0.646. The Bertz CT molecular complexity index is 344. The minimum atomic E-state index is 0.779. The zero-order valence-corrected chi connectivity index (χ0v) is 10.8. The summed E-state index contributed by atoms with van der Waals surface area (Å²) in [5.41, 5.74) is 1.27. The number of halogens is 1. The summed E-state index contributed by atoms with van der Waals surface area (Å²) in [6, 6.07) is 7.92. The second kappa shape index (κ2) is 6.38. The molecule has 0 saturated heterocycles. The molecule has 1 N–H and O–H groups in total. The Balaban J connectivity index is 2.38. The smallest absolute Gasteiger partial charge is 0.193 e. The molecule has 0 aliphatic carbocycles. The molecule has 0 saturated carbocycles. The van der Waals surface area contributed by atoms with Crippen LogP contribution in [0, 0.1) is 0 Å². The van der Waals surface area contributed by atoms with Gasteiger partial charge in [-0.3, -0.25) is 4.99 Å². The molecule has 0 heterocycles. The molecule has 0 bridgehead atoms. The van der Waals surface area contributed by atoms with Gasteiger partial charge in [-0.25, -0.2) is 0 Å². The topological polar surface area (TPSA) is 27.6 Å². The van der Waals surface area contributed by atoms with Crippen LogP contribution >= 0.6 is 11.6 Å². The molecule has 0 spiro atoms. The second-order valence-corrected chi connectivity index (χ2v) is 4.18. The molecule has 0 unspecified atom stereocenters. The molecule has 1 aromatic carbocycles. The molecular formula is C12H18ClN3. The fourth-order valence-corrected chi connectivity index (χ4v) is 1.53. The van der Waals surface area contributed by atoms with E-state index >= 15 is 0 Å². The maximum atomic E-state index is 5.82. The molecule has 0 radical (unpaired) electrons. The third kappa shape index (κ3) is 4.11. The Morgan fingerprint density at radius 2 is 1.94 bits per heavy atom. The standard InChI is InChI=1S/C12H18ClN3/c1-14-12(16(2)3)15-9-8-10-4-6-11(13)7-5-10/h4-7H,8-9H2,1-3H3,(H,14,15). The van der Waals surface area contributed by atoms with Gasteiger partial charge in [-0.1, -0.05) is 23.7 Å². The summed E-state index contributed by atoms with van der Waals surface area (Å²) in [4.78, 5) is 6.10. The lowest BCUT2D eigenvalue weighted by Crippen LogP contribution is -2.37. The normalized spacial score (nSPS) is 11.4. The maximum Gasteiger partial charge on any atom is 0.193 e. The van der Waals surface area contributed by atoms with Gasteiger partial charge in [0.15, 0.2) is 5.96 Å². The monoisotopic (exact) mass is 239 g/mol. The van der Waals surface area contributed by atoms with Crippen LogP contribution in [-0.4, -0.2) is 38.5 Å².